The van der Waals surface area contributed by atoms with Gasteiger partial charge in [0.2, 0.25) is 5.91 Å². The molecule has 1 aliphatic carbocycles. The van der Waals surface area contributed by atoms with E-state index in [-0.39, 0.29) is 11.7 Å². The van der Waals surface area contributed by atoms with E-state index in [0.29, 0.717) is 19.4 Å². The lowest BCUT2D eigenvalue weighted by atomic mass is 9.84. The smallest absolute Gasteiger partial charge is 0.233 e. The zero-order valence-corrected chi connectivity index (χ0v) is 12.7. The number of hydrogen-bond donors (Lipinski definition) is 3. The Kier molecular flexibility index (Phi) is 6.78. The Bertz CT molecular complexity index is 334. The molecular weight excluding hydrogens is 256 g/mol. The Morgan fingerprint density at radius 2 is 1.95 bits per heavy atom. The van der Waals surface area contributed by atoms with Crippen LogP contribution in [0, 0.1) is 5.41 Å². The zero-order valence-electron chi connectivity index (χ0n) is 12.7. The number of nitrogens with two attached hydrogens (primary N) is 1. The van der Waals surface area contributed by atoms with Crippen LogP contribution in [0.25, 0.3) is 0 Å². The number of rotatable bonds is 8. The normalized spacial score (nSPS) is 18.4. The number of nitrogens with one attached hydrogen (secondary N) is 1. The molecule has 1 aliphatic rings. The summed E-state index contributed by atoms with van der Waals surface area (Å²) in [5.41, 5.74) is 4.95. The number of carbonyl (C=O) groups is 1. The van der Waals surface area contributed by atoms with Crippen LogP contribution in [-0.4, -0.2) is 48.0 Å². The molecule has 1 fully saturated rings. The van der Waals surface area contributed by atoms with Crippen LogP contribution >= 0.6 is 0 Å². The summed E-state index contributed by atoms with van der Waals surface area (Å²) in [7, 11) is 0. The summed E-state index contributed by atoms with van der Waals surface area (Å²) in [5.74, 6) is -0.0407. The summed E-state index contributed by atoms with van der Waals surface area (Å²) in [5, 5.41) is 14.9. The molecule has 0 unspecified atom stereocenters. The minimum atomic E-state index is -0.788. The average Bonchev–Trinajstić information content (AvgIpc) is 2.97. The van der Waals surface area contributed by atoms with E-state index in [4.69, 9.17) is 10.9 Å². The van der Waals surface area contributed by atoms with Crippen molar-refractivity contribution in [2.75, 3.05) is 26.2 Å². The summed E-state index contributed by atoms with van der Waals surface area (Å²) in [6.45, 7) is 7.93. The molecule has 0 aromatic heterocycles. The Labute approximate surface area is 121 Å². The molecule has 20 heavy (non-hydrogen) atoms. The van der Waals surface area contributed by atoms with Gasteiger partial charge in [-0.2, -0.15) is 0 Å². The molecular formula is C14H28N4O2. The van der Waals surface area contributed by atoms with Crippen molar-refractivity contribution in [3.8, 4) is 0 Å². The first kappa shape index (κ1) is 16.8. The van der Waals surface area contributed by atoms with E-state index in [2.05, 4.69) is 29.2 Å². The molecule has 0 heterocycles. The molecule has 0 spiro atoms. The number of amides is 1. The number of amidine groups is 1. The van der Waals surface area contributed by atoms with Crippen LogP contribution in [0.5, 0.6) is 0 Å². The summed E-state index contributed by atoms with van der Waals surface area (Å²) >= 11 is 0. The molecule has 0 bridgehead atoms. The Balaban J connectivity index is 2.44. The zero-order chi connectivity index (χ0) is 15.0. The number of hydrogen-bond acceptors (Lipinski definition) is 4. The van der Waals surface area contributed by atoms with Crippen LogP contribution in [0.4, 0.5) is 0 Å². The largest absolute Gasteiger partial charge is 0.409 e. The van der Waals surface area contributed by atoms with E-state index in [1.54, 1.807) is 0 Å². The predicted molar refractivity (Wildman–Crippen MR) is 79.7 cm³/mol. The van der Waals surface area contributed by atoms with Gasteiger partial charge in [0, 0.05) is 6.54 Å². The van der Waals surface area contributed by atoms with Gasteiger partial charge in [-0.15, -0.1) is 0 Å². The summed E-state index contributed by atoms with van der Waals surface area (Å²) in [4.78, 5) is 14.7. The number of carbonyl (C=O) groups excluding carboxylic acids is 1. The van der Waals surface area contributed by atoms with Gasteiger partial charge in [-0.3, -0.25) is 4.79 Å². The Morgan fingerprint density at radius 1 is 1.35 bits per heavy atom. The lowest BCUT2D eigenvalue weighted by molar-refractivity contribution is -0.127. The number of oxime groups is 1. The van der Waals surface area contributed by atoms with Crippen molar-refractivity contribution >= 4 is 11.7 Å². The first-order valence-corrected chi connectivity index (χ1v) is 7.59. The highest BCUT2D eigenvalue weighted by Crippen LogP contribution is 2.38. The summed E-state index contributed by atoms with van der Waals surface area (Å²) in [6.07, 6.45) is 4.15. The van der Waals surface area contributed by atoms with Crippen LogP contribution in [0.3, 0.4) is 0 Å². The average molecular weight is 284 g/mol. The maximum absolute atomic E-state index is 12.4. The monoisotopic (exact) mass is 284 g/mol. The molecule has 0 saturated heterocycles. The van der Waals surface area contributed by atoms with Crippen molar-refractivity contribution in [2.45, 2.75) is 46.0 Å². The van der Waals surface area contributed by atoms with Crippen LogP contribution in [0.2, 0.25) is 0 Å². The van der Waals surface area contributed by atoms with Crippen LogP contribution in [0.1, 0.15) is 46.0 Å². The number of nitrogens with zero attached hydrogens (tertiary/aromatic N) is 2. The van der Waals surface area contributed by atoms with Crippen LogP contribution in [-0.2, 0) is 4.79 Å². The second-order valence-electron chi connectivity index (χ2n) is 5.41. The first-order valence-electron chi connectivity index (χ1n) is 7.59. The highest BCUT2D eigenvalue weighted by atomic mass is 16.4. The second-order valence-corrected chi connectivity index (χ2v) is 5.41. The van der Waals surface area contributed by atoms with E-state index < -0.39 is 5.41 Å². The van der Waals surface area contributed by atoms with Gasteiger partial charge in [-0.25, -0.2) is 0 Å². The summed E-state index contributed by atoms with van der Waals surface area (Å²) < 4.78 is 0. The highest BCUT2D eigenvalue weighted by molar-refractivity contribution is 6.07. The minimum Gasteiger partial charge on any atom is -0.409 e. The van der Waals surface area contributed by atoms with Crippen LogP contribution in [0.15, 0.2) is 5.16 Å². The molecule has 0 aromatic rings. The predicted octanol–water partition coefficient (Wildman–Crippen LogP) is 1.14. The molecule has 4 N–H and O–H groups in total. The minimum absolute atomic E-state index is 0.0521. The van der Waals surface area contributed by atoms with Gasteiger partial charge in [-0.1, -0.05) is 31.8 Å². The van der Waals surface area contributed by atoms with Gasteiger partial charge < -0.3 is 21.2 Å². The molecule has 0 aliphatic heterocycles. The van der Waals surface area contributed by atoms with Crippen molar-refractivity contribution in [3.63, 3.8) is 0 Å². The first-order chi connectivity index (χ1) is 9.60. The maximum Gasteiger partial charge on any atom is 0.233 e. The molecule has 0 atom stereocenters. The third-order valence-corrected chi connectivity index (χ3v) is 4.32. The Hall–Kier alpha value is -1.30. The quantitative estimate of drug-likeness (QED) is 0.205. The summed E-state index contributed by atoms with van der Waals surface area (Å²) in [6, 6.07) is 0. The molecule has 0 aromatic carbocycles. The Morgan fingerprint density at radius 3 is 2.45 bits per heavy atom. The van der Waals surface area contributed by atoms with Crippen molar-refractivity contribution < 1.29 is 10.0 Å². The third kappa shape index (κ3) is 3.85. The fourth-order valence-electron chi connectivity index (χ4n) is 2.89. The maximum atomic E-state index is 12.4. The molecule has 1 amide bonds. The topological polar surface area (TPSA) is 91.0 Å². The van der Waals surface area contributed by atoms with Gasteiger partial charge in [-0.05, 0) is 38.9 Å². The third-order valence-electron chi connectivity index (χ3n) is 4.32. The lowest BCUT2D eigenvalue weighted by Gasteiger charge is -2.26. The van der Waals surface area contributed by atoms with E-state index >= 15 is 0 Å². The van der Waals surface area contributed by atoms with Gasteiger partial charge in [0.15, 0.2) is 5.84 Å². The molecule has 1 rings (SSSR count). The van der Waals surface area contributed by atoms with E-state index in [9.17, 15) is 4.79 Å². The standard InChI is InChI=1S/C14H28N4O2/c1-3-18(4-2)11-7-10-16-13(19)14(12(15)17-20)8-5-6-9-14/h20H,3-11H2,1-2H3,(H2,15,17)(H,16,19). The fraction of sp³-hybridized carbons (Fsp3) is 0.857. The van der Waals surface area contributed by atoms with Crippen molar-refractivity contribution in [1.29, 1.82) is 0 Å². The van der Waals surface area contributed by atoms with E-state index in [0.717, 1.165) is 38.9 Å². The molecule has 0 radical (unpaired) electrons. The molecule has 6 nitrogen and oxygen atoms in total. The molecule has 6 heteroatoms. The van der Waals surface area contributed by atoms with Gasteiger partial charge in [0.25, 0.3) is 0 Å². The highest BCUT2D eigenvalue weighted by Gasteiger charge is 2.45. The SMILES string of the molecule is CCN(CC)CCCNC(=O)C1(C(N)=NO)CCCC1. The van der Waals surface area contributed by atoms with Crippen molar-refractivity contribution in [3.05, 3.63) is 0 Å². The fourth-order valence-corrected chi connectivity index (χ4v) is 2.89. The van der Waals surface area contributed by atoms with Gasteiger partial charge in [0.05, 0.1) is 0 Å². The van der Waals surface area contributed by atoms with E-state index in [1.165, 1.54) is 0 Å². The van der Waals surface area contributed by atoms with Crippen molar-refractivity contribution in [1.82, 2.24) is 10.2 Å². The van der Waals surface area contributed by atoms with E-state index in [1.807, 2.05) is 0 Å². The molecule has 1 saturated carbocycles. The second kappa shape index (κ2) is 8.09. The van der Waals surface area contributed by atoms with Crippen molar-refractivity contribution in [2.24, 2.45) is 16.3 Å². The molecule has 116 valence electrons. The lowest BCUT2D eigenvalue weighted by Crippen LogP contribution is -2.48. The van der Waals surface area contributed by atoms with Crippen LogP contribution < -0.4 is 11.1 Å². The van der Waals surface area contributed by atoms with Gasteiger partial charge in [0.1, 0.15) is 5.41 Å². The van der Waals surface area contributed by atoms with Gasteiger partial charge >= 0.3 is 0 Å².